The molecule has 0 unspecified atom stereocenters. The Morgan fingerprint density at radius 1 is 1.29 bits per heavy atom. The van der Waals surface area contributed by atoms with Gasteiger partial charge in [0.1, 0.15) is 5.65 Å². The Balaban J connectivity index is 1.40. The number of fused-ring (bicyclic) bond motifs is 3. The molecule has 2 bridgehead atoms. The molecule has 4 heterocycles. The molecule has 2 aliphatic heterocycles. The lowest BCUT2D eigenvalue weighted by molar-refractivity contribution is 0.187. The number of pyridine rings is 1. The zero-order chi connectivity index (χ0) is 16.7. The summed E-state index contributed by atoms with van der Waals surface area (Å²) in [7, 11) is 2.20. The summed E-state index contributed by atoms with van der Waals surface area (Å²) in [6, 6.07) is 7.24. The topological polar surface area (TPSA) is 52.9 Å². The first-order valence-corrected chi connectivity index (χ1v) is 8.80. The van der Waals surface area contributed by atoms with Gasteiger partial charge in [-0.2, -0.15) is 0 Å². The third-order valence-corrected chi connectivity index (χ3v) is 5.60. The third kappa shape index (κ3) is 2.75. The number of hydrogen-bond acceptors (Lipinski definition) is 3. The summed E-state index contributed by atoms with van der Waals surface area (Å²) in [5, 5.41) is 3.04. The van der Waals surface area contributed by atoms with Crippen LogP contribution in [0.15, 0.2) is 24.4 Å². The van der Waals surface area contributed by atoms with E-state index in [1.54, 1.807) is 0 Å². The highest BCUT2D eigenvalue weighted by molar-refractivity contribution is 5.74. The predicted octanol–water partition coefficient (Wildman–Crippen LogP) is 2.02. The number of likely N-dealkylation sites (N-methyl/N-ethyl adjacent to an activating group) is 1. The van der Waals surface area contributed by atoms with Crippen LogP contribution in [0.1, 0.15) is 30.7 Å². The Morgan fingerprint density at radius 2 is 2.12 bits per heavy atom. The average Bonchev–Trinajstić information content (AvgIpc) is 3.07. The van der Waals surface area contributed by atoms with Crippen LogP contribution in [0, 0.1) is 6.92 Å². The predicted molar refractivity (Wildman–Crippen MR) is 92.9 cm³/mol. The minimum Gasteiger partial charge on any atom is -0.332 e. The van der Waals surface area contributed by atoms with Gasteiger partial charge in [-0.15, -0.1) is 0 Å². The molecule has 2 aromatic heterocycles. The number of nitrogens with zero attached hydrogens (tertiary/aromatic N) is 4. The number of rotatable bonds is 2. The third-order valence-electron chi connectivity index (χ3n) is 5.60. The van der Waals surface area contributed by atoms with E-state index in [9.17, 15) is 4.79 Å². The minimum atomic E-state index is 0.0322. The molecule has 2 fully saturated rings. The first-order chi connectivity index (χ1) is 11.6. The van der Waals surface area contributed by atoms with Crippen molar-refractivity contribution in [2.45, 2.75) is 44.8 Å². The van der Waals surface area contributed by atoms with E-state index in [2.05, 4.69) is 39.6 Å². The number of imidazole rings is 1. The van der Waals surface area contributed by atoms with Crippen LogP contribution in [-0.2, 0) is 6.54 Å². The van der Waals surface area contributed by atoms with Gasteiger partial charge in [-0.25, -0.2) is 9.78 Å². The summed E-state index contributed by atoms with van der Waals surface area (Å²) in [6.45, 7) is 4.21. The summed E-state index contributed by atoms with van der Waals surface area (Å²) >= 11 is 0. The van der Waals surface area contributed by atoms with E-state index in [4.69, 9.17) is 0 Å². The Morgan fingerprint density at radius 3 is 2.96 bits per heavy atom. The molecule has 2 atom stereocenters. The van der Waals surface area contributed by atoms with Gasteiger partial charge in [-0.3, -0.25) is 4.90 Å². The van der Waals surface area contributed by atoms with Crippen LogP contribution in [0.2, 0.25) is 0 Å². The Bertz CT molecular complexity index is 755. The molecule has 6 heteroatoms. The number of carbonyl (C=O) groups excluding carboxylic acids is 1. The minimum absolute atomic E-state index is 0.0322. The molecule has 2 aromatic rings. The fraction of sp³-hybridized carbons (Fsp3) is 0.556. The first kappa shape index (κ1) is 15.4. The van der Waals surface area contributed by atoms with Gasteiger partial charge in [-0.1, -0.05) is 6.07 Å². The van der Waals surface area contributed by atoms with Crippen molar-refractivity contribution >= 4 is 11.7 Å². The van der Waals surface area contributed by atoms with Gasteiger partial charge >= 0.3 is 6.03 Å². The number of hydrogen-bond donors (Lipinski definition) is 1. The van der Waals surface area contributed by atoms with E-state index in [0.29, 0.717) is 18.6 Å². The quantitative estimate of drug-likeness (QED) is 0.918. The monoisotopic (exact) mass is 327 g/mol. The van der Waals surface area contributed by atoms with Gasteiger partial charge in [-0.05, 0) is 45.4 Å². The molecule has 0 aromatic carbocycles. The Hall–Kier alpha value is -2.08. The molecular weight excluding hydrogens is 302 g/mol. The van der Waals surface area contributed by atoms with Crippen molar-refractivity contribution in [2.24, 2.45) is 0 Å². The highest BCUT2D eigenvalue weighted by Gasteiger charge is 2.35. The summed E-state index contributed by atoms with van der Waals surface area (Å²) in [4.78, 5) is 21.6. The molecule has 128 valence electrons. The van der Waals surface area contributed by atoms with Crippen molar-refractivity contribution in [3.05, 3.63) is 35.8 Å². The van der Waals surface area contributed by atoms with Gasteiger partial charge in [0.2, 0.25) is 0 Å². The van der Waals surface area contributed by atoms with E-state index in [0.717, 1.165) is 36.5 Å². The van der Waals surface area contributed by atoms with E-state index < -0.39 is 0 Å². The summed E-state index contributed by atoms with van der Waals surface area (Å²) in [5.74, 6) is 0. The second-order valence-electron chi connectivity index (χ2n) is 7.07. The molecular formula is C18H25N5O. The molecule has 0 spiro atoms. The zero-order valence-corrected chi connectivity index (χ0v) is 14.4. The van der Waals surface area contributed by atoms with Crippen LogP contribution in [-0.4, -0.2) is 57.4 Å². The number of aromatic nitrogens is 2. The average molecular weight is 327 g/mol. The maximum Gasteiger partial charge on any atom is 0.317 e. The van der Waals surface area contributed by atoms with Gasteiger partial charge in [0.05, 0.1) is 12.2 Å². The molecule has 0 aliphatic carbocycles. The molecule has 6 nitrogen and oxygen atoms in total. The molecule has 24 heavy (non-hydrogen) atoms. The van der Waals surface area contributed by atoms with E-state index in [-0.39, 0.29) is 6.03 Å². The van der Waals surface area contributed by atoms with E-state index >= 15 is 0 Å². The lowest BCUT2D eigenvalue weighted by atomic mass is 10.1. The van der Waals surface area contributed by atoms with Gasteiger partial charge in [0.25, 0.3) is 0 Å². The van der Waals surface area contributed by atoms with Crippen LogP contribution in [0.5, 0.6) is 0 Å². The molecule has 2 aliphatic rings. The number of carbonyl (C=O) groups is 1. The summed E-state index contributed by atoms with van der Waals surface area (Å²) in [5.41, 5.74) is 2.96. The largest absolute Gasteiger partial charge is 0.332 e. The van der Waals surface area contributed by atoms with Crippen LogP contribution >= 0.6 is 0 Å². The first-order valence-electron chi connectivity index (χ1n) is 8.80. The maximum atomic E-state index is 12.6. The zero-order valence-electron chi connectivity index (χ0n) is 14.4. The lowest BCUT2D eigenvalue weighted by Gasteiger charge is -2.25. The smallest absolute Gasteiger partial charge is 0.317 e. The van der Waals surface area contributed by atoms with Crippen LogP contribution < -0.4 is 5.32 Å². The molecule has 1 N–H and O–H groups in total. The summed E-state index contributed by atoms with van der Waals surface area (Å²) in [6.07, 6.45) is 5.56. The van der Waals surface area contributed by atoms with E-state index in [1.165, 1.54) is 12.8 Å². The maximum absolute atomic E-state index is 12.6. The second-order valence-corrected chi connectivity index (χ2v) is 7.07. The van der Waals surface area contributed by atoms with Crippen molar-refractivity contribution < 1.29 is 4.79 Å². The normalized spacial score (nSPS) is 24.3. The van der Waals surface area contributed by atoms with Gasteiger partial charge in [0.15, 0.2) is 0 Å². The standard InChI is InChI=1S/C18H25N5O/c1-13-4-3-5-17-20-14(11-23(13)17)10-19-18(24)22-9-8-15-6-7-16(12-22)21(15)2/h3-5,11,15-16H,6-10,12H2,1-2H3,(H,19,24)/t15-,16+/m1/s1. The molecule has 0 saturated carbocycles. The highest BCUT2D eigenvalue weighted by Crippen LogP contribution is 2.28. The molecule has 2 amide bonds. The number of urea groups is 1. The van der Waals surface area contributed by atoms with Crippen LogP contribution in [0.4, 0.5) is 4.79 Å². The fourth-order valence-electron chi connectivity index (χ4n) is 4.06. The fourth-order valence-corrected chi connectivity index (χ4v) is 4.06. The number of aryl methyl sites for hydroxylation is 1. The van der Waals surface area contributed by atoms with Crippen molar-refractivity contribution in [3.63, 3.8) is 0 Å². The number of nitrogens with one attached hydrogen (secondary N) is 1. The van der Waals surface area contributed by atoms with Gasteiger partial charge in [0, 0.05) is 37.1 Å². The molecule has 4 rings (SSSR count). The highest BCUT2D eigenvalue weighted by atomic mass is 16.2. The number of amides is 2. The van der Waals surface area contributed by atoms with Crippen LogP contribution in [0.25, 0.3) is 5.65 Å². The number of likely N-dealkylation sites (tertiary alicyclic amines) is 1. The Kier molecular flexibility index (Phi) is 3.92. The SMILES string of the molecule is Cc1cccc2nc(CNC(=O)N3CC[C@H]4CC[C@@H](C3)N4C)cn12. The van der Waals surface area contributed by atoms with Crippen molar-refractivity contribution in [1.82, 2.24) is 24.5 Å². The van der Waals surface area contributed by atoms with E-state index in [1.807, 2.05) is 23.2 Å². The molecule has 0 radical (unpaired) electrons. The molecule has 2 saturated heterocycles. The van der Waals surface area contributed by atoms with Gasteiger partial charge < -0.3 is 14.6 Å². The Labute approximate surface area is 142 Å². The van der Waals surface area contributed by atoms with Crippen molar-refractivity contribution in [3.8, 4) is 0 Å². The van der Waals surface area contributed by atoms with Crippen molar-refractivity contribution in [1.29, 1.82) is 0 Å². The lowest BCUT2D eigenvalue weighted by Crippen LogP contribution is -2.44. The van der Waals surface area contributed by atoms with Crippen molar-refractivity contribution in [2.75, 3.05) is 20.1 Å². The van der Waals surface area contributed by atoms with Crippen LogP contribution in [0.3, 0.4) is 0 Å². The summed E-state index contributed by atoms with van der Waals surface area (Å²) < 4.78 is 2.06. The second kappa shape index (κ2) is 6.09.